The number of hydroxylamine groups is 2. The van der Waals surface area contributed by atoms with Crippen molar-refractivity contribution in [2.45, 2.75) is 19.3 Å². The zero-order chi connectivity index (χ0) is 22.5. The van der Waals surface area contributed by atoms with E-state index >= 15 is 0 Å². The molecular formula is C19H14N8O5. The van der Waals surface area contributed by atoms with E-state index in [0.717, 1.165) is 0 Å². The summed E-state index contributed by atoms with van der Waals surface area (Å²) in [6.07, 6.45) is 2.19. The summed E-state index contributed by atoms with van der Waals surface area (Å²) in [7, 11) is 0. The van der Waals surface area contributed by atoms with Crippen LogP contribution < -0.4 is 5.32 Å². The van der Waals surface area contributed by atoms with Gasteiger partial charge in [0.1, 0.15) is 17.8 Å². The van der Waals surface area contributed by atoms with Crippen LogP contribution in [-0.2, 0) is 24.0 Å². The molecule has 1 aliphatic rings. The lowest BCUT2D eigenvalue weighted by Crippen LogP contribution is -2.33. The third-order valence-electron chi connectivity index (χ3n) is 4.15. The predicted molar refractivity (Wildman–Crippen MR) is 105 cm³/mol. The fourth-order valence-electron chi connectivity index (χ4n) is 2.66. The molecule has 0 aromatic carbocycles. The van der Waals surface area contributed by atoms with Crippen LogP contribution in [0.5, 0.6) is 0 Å². The number of hydrogen-bond acceptors (Lipinski definition) is 11. The van der Waals surface area contributed by atoms with E-state index in [1.807, 2.05) is 0 Å². The first-order valence-corrected chi connectivity index (χ1v) is 9.31. The van der Waals surface area contributed by atoms with Crippen molar-refractivity contribution in [3.8, 4) is 23.0 Å². The topological polar surface area (TPSA) is 170 Å². The van der Waals surface area contributed by atoms with Crippen molar-refractivity contribution in [2.75, 3.05) is 5.32 Å². The second-order valence-corrected chi connectivity index (χ2v) is 6.46. The molecule has 32 heavy (non-hydrogen) atoms. The molecule has 0 bridgehead atoms. The van der Waals surface area contributed by atoms with E-state index in [9.17, 15) is 19.2 Å². The highest BCUT2D eigenvalue weighted by Crippen LogP contribution is 2.16. The molecule has 1 N–H and O–H groups in total. The maximum absolute atomic E-state index is 12.0. The Balaban J connectivity index is 1.33. The molecule has 0 radical (unpaired) electrons. The summed E-state index contributed by atoms with van der Waals surface area (Å²) in [6.45, 7) is 0. The number of nitrogens with one attached hydrogen (secondary N) is 1. The Labute approximate surface area is 179 Å². The molecule has 13 nitrogen and oxygen atoms in total. The standard InChI is InChI=1S/C19H14N8O5/c28-14(9-17(31)32-27-15(29)6-7-16(27)30)22-11-4-5-13(21-10-11)19-25-23-18(24-26-19)12-3-1-2-8-20-12/h1-5,8,10H,6-7,9H2,(H,22,28). The molecule has 1 aliphatic heterocycles. The molecule has 13 heteroatoms. The van der Waals surface area contributed by atoms with Crippen LogP contribution in [-0.4, -0.2) is 59.1 Å². The normalized spacial score (nSPS) is 13.2. The maximum atomic E-state index is 12.0. The number of aromatic nitrogens is 6. The van der Waals surface area contributed by atoms with Gasteiger partial charge in [0.15, 0.2) is 0 Å². The van der Waals surface area contributed by atoms with E-state index in [-0.39, 0.29) is 24.5 Å². The predicted octanol–water partition coefficient (Wildman–Crippen LogP) is 0.326. The summed E-state index contributed by atoms with van der Waals surface area (Å²) in [5, 5.41) is 18.8. The first-order valence-electron chi connectivity index (χ1n) is 9.31. The monoisotopic (exact) mass is 434 g/mol. The van der Waals surface area contributed by atoms with E-state index in [0.29, 0.717) is 22.1 Å². The molecule has 4 rings (SSSR count). The van der Waals surface area contributed by atoms with Gasteiger partial charge in [-0.05, 0) is 24.3 Å². The van der Waals surface area contributed by atoms with E-state index in [1.54, 1.807) is 24.4 Å². The largest absolute Gasteiger partial charge is 0.342 e. The highest BCUT2D eigenvalue weighted by atomic mass is 16.7. The van der Waals surface area contributed by atoms with Gasteiger partial charge < -0.3 is 10.2 Å². The Kier molecular flexibility index (Phi) is 5.78. The van der Waals surface area contributed by atoms with Gasteiger partial charge in [-0.1, -0.05) is 6.07 Å². The molecule has 3 aromatic heterocycles. The average molecular weight is 434 g/mol. The lowest BCUT2D eigenvalue weighted by atomic mass is 10.3. The molecular weight excluding hydrogens is 420 g/mol. The Bertz CT molecular complexity index is 1150. The first-order chi connectivity index (χ1) is 15.5. The van der Waals surface area contributed by atoms with Crippen molar-refractivity contribution in [3.05, 3.63) is 42.7 Å². The molecule has 0 aliphatic carbocycles. The molecule has 160 valence electrons. The van der Waals surface area contributed by atoms with Crippen LogP contribution in [0.3, 0.4) is 0 Å². The number of anilines is 1. The smallest absolute Gasteiger partial charge is 0.330 e. The summed E-state index contributed by atoms with van der Waals surface area (Å²) in [5.41, 5.74) is 1.19. The third-order valence-corrected chi connectivity index (χ3v) is 4.15. The van der Waals surface area contributed by atoms with Gasteiger partial charge in [0.25, 0.3) is 11.8 Å². The van der Waals surface area contributed by atoms with Gasteiger partial charge in [-0.2, -0.15) is 0 Å². The van der Waals surface area contributed by atoms with Crippen LogP contribution in [0, 0.1) is 0 Å². The lowest BCUT2D eigenvalue weighted by Gasteiger charge is -2.12. The quantitative estimate of drug-likeness (QED) is 0.419. The second-order valence-electron chi connectivity index (χ2n) is 6.46. The van der Waals surface area contributed by atoms with Crippen molar-refractivity contribution < 1.29 is 24.0 Å². The Morgan fingerprint density at radius 3 is 2.12 bits per heavy atom. The van der Waals surface area contributed by atoms with E-state index in [2.05, 4.69) is 40.5 Å². The Morgan fingerprint density at radius 2 is 1.56 bits per heavy atom. The summed E-state index contributed by atoms with van der Waals surface area (Å²) >= 11 is 0. The molecule has 0 unspecified atom stereocenters. The van der Waals surface area contributed by atoms with Gasteiger partial charge >= 0.3 is 5.97 Å². The fraction of sp³-hybridized carbons (Fsp3) is 0.158. The molecule has 3 aromatic rings. The van der Waals surface area contributed by atoms with Gasteiger partial charge in [0.2, 0.25) is 17.6 Å². The number of hydrogen-bond donors (Lipinski definition) is 1. The molecule has 4 heterocycles. The number of amides is 3. The number of imide groups is 1. The van der Waals surface area contributed by atoms with Gasteiger partial charge in [0, 0.05) is 19.0 Å². The number of carbonyl (C=O) groups is 4. The highest BCUT2D eigenvalue weighted by Gasteiger charge is 2.33. The Morgan fingerprint density at radius 1 is 0.906 bits per heavy atom. The van der Waals surface area contributed by atoms with Crippen molar-refractivity contribution >= 4 is 29.4 Å². The van der Waals surface area contributed by atoms with Crippen LogP contribution in [0.25, 0.3) is 23.0 Å². The summed E-state index contributed by atoms with van der Waals surface area (Å²) in [4.78, 5) is 59.6. The minimum Gasteiger partial charge on any atom is -0.330 e. The van der Waals surface area contributed by atoms with Crippen molar-refractivity contribution in [3.63, 3.8) is 0 Å². The van der Waals surface area contributed by atoms with Gasteiger partial charge in [-0.25, -0.2) is 4.79 Å². The minimum atomic E-state index is -1.03. The molecule has 1 saturated heterocycles. The second kappa shape index (κ2) is 8.99. The van der Waals surface area contributed by atoms with Gasteiger partial charge in [-0.15, -0.1) is 25.5 Å². The van der Waals surface area contributed by atoms with Crippen molar-refractivity contribution in [1.82, 2.24) is 35.4 Å². The molecule has 0 atom stereocenters. The van der Waals surface area contributed by atoms with Crippen LogP contribution in [0.15, 0.2) is 42.7 Å². The van der Waals surface area contributed by atoms with Gasteiger partial charge in [0.05, 0.1) is 11.9 Å². The highest BCUT2D eigenvalue weighted by molar-refractivity contribution is 6.04. The summed E-state index contributed by atoms with van der Waals surface area (Å²) < 4.78 is 0. The molecule has 3 amide bonds. The number of pyridine rings is 2. The first kappa shape index (κ1) is 20.6. The summed E-state index contributed by atoms with van der Waals surface area (Å²) in [6, 6.07) is 8.34. The zero-order valence-corrected chi connectivity index (χ0v) is 16.3. The van der Waals surface area contributed by atoms with Crippen molar-refractivity contribution in [2.24, 2.45) is 0 Å². The molecule has 1 fully saturated rings. The van der Waals surface area contributed by atoms with Gasteiger partial charge in [-0.3, -0.25) is 24.4 Å². The van der Waals surface area contributed by atoms with E-state index < -0.39 is 30.1 Å². The average Bonchev–Trinajstić information content (AvgIpc) is 3.12. The SMILES string of the molecule is O=C(CC(=O)ON1C(=O)CCC1=O)Nc1ccc(-c2nnc(-c3ccccn3)nn2)nc1. The van der Waals surface area contributed by atoms with Crippen molar-refractivity contribution in [1.29, 1.82) is 0 Å². The maximum Gasteiger partial charge on any atom is 0.342 e. The fourth-order valence-corrected chi connectivity index (χ4v) is 2.66. The van der Waals surface area contributed by atoms with Crippen LogP contribution in [0.4, 0.5) is 5.69 Å². The van der Waals surface area contributed by atoms with E-state index in [1.165, 1.54) is 18.3 Å². The number of carbonyl (C=O) groups excluding carboxylic acids is 4. The number of rotatable bonds is 6. The minimum absolute atomic E-state index is 0.0308. The summed E-state index contributed by atoms with van der Waals surface area (Å²) in [5.74, 6) is -2.55. The molecule has 0 spiro atoms. The molecule has 0 saturated carbocycles. The zero-order valence-electron chi connectivity index (χ0n) is 16.3. The van der Waals surface area contributed by atoms with E-state index in [4.69, 9.17) is 0 Å². The Hall–Kier alpha value is -4.68. The van der Waals surface area contributed by atoms with Crippen LogP contribution in [0.1, 0.15) is 19.3 Å². The third kappa shape index (κ3) is 4.72. The lowest BCUT2D eigenvalue weighted by molar-refractivity contribution is -0.197. The number of nitrogens with zero attached hydrogens (tertiary/aromatic N) is 7. The van der Waals surface area contributed by atoms with Crippen LogP contribution in [0.2, 0.25) is 0 Å². The van der Waals surface area contributed by atoms with Crippen LogP contribution >= 0.6 is 0 Å².